The normalized spacial score (nSPS) is 15.8. The second kappa shape index (κ2) is 9.75. The van der Waals surface area contributed by atoms with Crippen LogP contribution >= 0.6 is 23.1 Å². The molecule has 0 N–H and O–H groups in total. The van der Waals surface area contributed by atoms with Crippen molar-refractivity contribution in [1.29, 1.82) is 0 Å². The topological polar surface area (TPSA) is 52.0 Å². The van der Waals surface area contributed by atoms with Gasteiger partial charge >= 0.3 is 0 Å². The Morgan fingerprint density at radius 1 is 1.09 bits per heavy atom. The molecule has 2 aromatic heterocycles. The fraction of sp³-hybridized carbons (Fsp3) is 0.345. The van der Waals surface area contributed by atoms with E-state index < -0.39 is 0 Å². The first-order valence-corrected chi connectivity index (χ1v) is 13.9. The van der Waals surface area contributed by atoms with Crippen LogP contribution < -0.4 is 5.56 Å². The van der Waals surface area contributed by atoms with Crippen molar-refractivity contribution in [3.05, 3.63) is 92.6 Å². The summed E-state index contributed by atoms with van der Waals surface area (Å²) >= 11 is 3.03. The quantitative estimate of drug-likeness (QED) is 0.169. The lowest BCUT2D eigenvalue weighted by Crippen LogP contribution is -2.27. The van der Waals surface area contributed by atoms with Crippen molar-refractivity contribution in [2.24, 2.45) is 11.3 Å². The average molecular weight is 503 g/mol. The van der Waals surface area contributed by atoms with Crippen LogP contribution in [-0.4, -0.2) is 21.1 Å². The number of hydrogen-bond donors (Lipinski definition) is 0. The van der Waals surface area contributed by atoms with Gasteiger partial charge in [0.1, 0.15) is 4.83 Å². The zero-order valence-corrected chi connectivity index (χ0v) is 22.0. The van der Waals surface area contributed by atoms with Gasteiger partial charge in [-0.2, -0.15) is 0 Å². The molecule has 0 spiro atoms. The summed E-state index contributed by atoms with van der Waals surface area (Å²) in [5.41, 5.74) is 3.18. The van der Waals surface area contributed by atoms with Crippen molar-refractivity contribution in [2.45, 2.75) is 51.7 Å². The van der Waals surface area contributed by atoms with Gasteiger partial charge in [-0.1, -0.05) is 93.2 Å². The van der Waals surface area contributed by atoms with Crippen LogP contribution in [0.2, 0.25) is 0 Å². The van der Waals surface area contributed by atoms with Gasteiger partial charge < -0.3 is 0 Å². The molecule has 0 fully saturated rings. The highest BCUT2D eigenvalue weighted by Gasteiger charge is 2.32. The zero-order chi connectivity index (χ0) is 24.6. The maximum atomic E-state index is 13.9. The minimum Gasteiger partial charge on any atom is -0.293 e. The Kier molecular flexibility index (Phi) is 6.69. The summed E-state index contributed by atoms with van der Waals surface area (Å²) in [5.74, 6) is 0.884. The minimum atomic E-state index is 0.0141. The maximum Gasteiger partial charge on any atom is 0.263 e. The molecule has 1 aliphatic carbocycles. The standard InChI is InChI=1S/C29H30N2O2S2/c1-29(2,3)21-14-15-22-24(16-21)35-26-25(22)27(33)31(17-19-10-6-4-7-11-19)28(30-26)34-18-23(32)20-12-8-5-9-13-20/h4-13,21H,14-18H2,1-3H3. The summed E-state index contributed by atoms with van der Waals surface area (Å²) < 4.78 is 1.77. The van der Waals surface area contributed by atoms with Gasteiger partial charge in [0.2, 0.25) is 0 Å². The lowest BCUT2D eigenvalue weighted by Gasteiger charge is -2.33. The van der Waals surface area contributed by atoms with Gasteiger partial charge in [0.25, 0.3) is 5.56 Å². The molecule has 1 aliphatic rings. The molecular weight excluding hydrogens is 472 g/mol. The number of aryl methyl sites for hydroxylation is 1. The molecule has 1 atom stereocenters. The Labute approximate surface area is 214 Å². The van der Waals surface area contributed by atoms with Crippen LogP contribution in [0.3, 0.4) is 0 Å². The van der Waals surface area contributed by atoms with Gasteiger partial charge in [0.15, 0.2) is 10.9 Å². The number of rotatable bonds is 6. The molecule has 1 unspecified atom stereocenters. The molecule has 180 valence electrons. The van der Waals surface area contributed by atoms with Crippen molar-refractivity contribution >= 4 is 39.1 Å². The lowest BCUT2D eigenvalue weighted by molar-refractivity contribution is 0.102. The third-order valence-electron chi connectivity index (χ3n) is 6.97. The smallest absolute Gasteiger partial charge is 0.263 e. The van der Waals surface area contributed by atoms with Crippen molar-refractivity contribution in [3.8, 4) is 0 Å². The van der Waals surface area contributed by atoms with E-state index in [9.17, 15) is 9.59 Å². The number of carbonyl (C=O) groups is 1. The second-order valence-electron chi connectivity index (χ2n) is 10.3. The largest absolute Gasteiger partial charge is 0.293 e. The average Bonchev–Trinajstić information content (AvgIpc) is 3.23. The first-order chi connectivity index (χ1) is 16.8. The molecule has 35 heavy (non-hydrogen) atoms. The summed E-state index contributed by atoms with van der Waals surface area (Å²) in [4.78, 5) is 33.8. The van der Waals surface area contributed by atoms with Crippen molar-refractivity contribution < 1.29 is 4.79 Å². The van der Waals surface area contributed by atoms with E-state index in [2.05, 4.69) is 20.8 Å². The summed E-state index contributed by atoms with van der Waals surface area (Å²) in [7, 11) is 0. The number of thiophene rings is 1. The van der Waals surface area contributed by atoms with E-state index in [0.29, 0.717) is 23.2 Å². The van der Waals surface area contributed by atoms with Crippen LogP contribution in [0.1, 0.15) is 53.6 Å². The number of fused-ring (bicyclic) bond motifs is 3. The van der Waals surface area contributed by atoms with Gasteiger partial charge in [-0.15, -0.1) is 11.3 Å². The summed E-state index contributed by atoms with van der Waals surface area (Å²) in [6, 6.07) is 19.3. The Hall–Kier alpha value is -2.70. The molecule has 0 amide bonds. The minimum absolute atomic E-state index is 0.0141. The fourth-order valence-electron chi connectivity index (χ4n) is 4.83. The predicted molar refractivity (Wildman–Crippen MR) is 146 cm³/mol. The zero-order valence-electron chi connectivity index (χ0n) is 20.4. The van der Waals surface area contributed by atoms with E-state index in [1.54, 1.807) is 15.9 Å². The Morgan fingerprint density at radius 3 is 2.46 bits per heavy atom. The third-order valence-corrected chi connectivity index (χ3v) is 9.09. The van der Waals surface area contributed by atoms with Crippen LogP contribution in [0.15, 0.2) is 70.6 Å². The molecule has 0 bridgehead atoms. The second-order valence-corrected chi connectivity index (χ2v) is 12.4. The molecule has 0 saturated heterocycles. The highest BCUT2D eigenvalue weighted by Crippen LogP contribution is 2.42. The van der Waals surface area contributed by atoms with Gasteiger partial charge in [-0.25, -0.2) is 4.98 Å². The highest BCUT2D eigenvalue weighted by molar-refractivity contribution is 7.99. The molecule has 2 aromatic carbocycles. The number of aromatic nitrogens is 2. The molecule has 4 aromatic rings. The predicted octanol–water partition coefficient (Wildman–Crippen LogP) is 6.63. The van der Waals surface area contributed by atoms with Gasteiger partial charge in [-0.05, 0) is 41.7 Å². The number of benzene rings is 2. The van der Waals surface area contributed by atoms with Crippen LogP contribution in [0.5, 0.6) is 0 Å². The van der Waals surface area contributed by atoms with Crippen molar-refractivity contribution in [2.75, 3.05) is 5.75 Å². The number of carbonyl (C=O) groups excluding carboxylic acids is 1. The molecule has 4 nitrogen and oxygen atoms in total. The maximum absolute atomic E-state index is 13.9. The monoisotopic (exact) mass is 502 g/mol. The lowest BCUT2D eigenvalue weighted by atomic mass is 9.72. The molecule has 0 radical (unpaired) electrons. The number of hydrogen-bond acceptors (Lipinski definition) is 5. The van der Waals surface area contributed by atoms with E-state index in [-0.39, 0.29) is 22.5 Å². The van der Waals surface area contributed by atoms with Crippen LogP contribution in [0, 0.1) is 11.3 Å². The van der Waals surface area contributed by atoms with Crippen LogP contribution in [0.25, 0.3) is 10.2 Å². The van der Waals surface area contributed by atoms with E-state index >= 15 is 0 Å². The van der Waals surface area contributed by atoms with E-state index in [1.165, 1.54) is 22.2 Å². The number of ketones is 1. The SMILES string of the molecule is CC(C)(C)C1CCc2c(sc3nc(SCC(=O)c4ccccc4)n(Cc4ccccc4)c(=O)c23)C1. The Bertz CT molecular complexity index is 1420. The van der Waals surface area contributed by atoms with Crippen LogP contribution in [0.4, 0.5) is 0 Å². The highest BCUT2D eigenvalue weighted by atomic mass is 32.2. The summed E-state index contributed by atoms with van der Waals surface area (Å²) in [6.07, 6.45) is 3.04. The van der Waals surface area contributed by atoms with Gasteiger partial charge in [-0.3, -0.25) is 14.2 Å². The molecule has 5 rings (SSSR count). The van der Waals surface area contributed by atoms with Gasteiger partial charge in [0.05, 0.1) is 17.7 Å². The molecular formula is C29H30N2O2S2. The van der Waals surface area contributed by atoms with Crippen molar-refractivity contribution in [1.82, 2.24) is 9.55 Å². The molecule has 2 heterocycles. The molecule has 6 heteroatoms. The fourth-order valence-corrected chi connectivity index (χ4v) is 7.07. The summed E-state index contributed by atoms with van der Waals surface area (Å²) in [6.45, 7) is 7.36. The van der Waals surface area contributed by atoms with E-state index in [1.807, 2.05) is 60.7 Å². The van der Waals surface area contributed by atoms with Crippen molar-refractivity contribution in [3.63, 3.8) is 0 Å². The third kappa shape index (κ3) is 5.00. The number of thioether (sulfide) groups is 1. The number of nitrogens with zero attached hydrogens (tertiary/aromatic N) is 2. The first-order valence-electron chi connectivity index (χ1n) is 12.1. The van der Waals surface area contributed by atoms with Crippen LogP contribution in [-0.2, 0) is 19.4 Å². The first kappa shape index (κ1) is 24.0. The molecule has 0 aliphatic heterocycles. The van der Waals surface area contributed by atoms with E-state index in [0.717, 1.165) is 35.0 Å². The van der Waals surface area contributed by atoms with E-state index in [4.69, 9.17) is 4.98 Å². The Balaban J connectivity index is 1.55. The number of Topliss-reactive ketones (excluding diaryl/α,β-unsaturated/α-hetero) is 1. The Morgan fingerprint density at radius 2 is 1.77 bits per heavy atom. The summed E-state index contributed by atoms with van der Waals surface area (Å²) in [5, 5.41) is 1.40. The molecule has 0 saturated carbocycles. The van der Waals surface area contributed by atoms with Gasteiger partial charge in [0, 0.05) is 10.4 Å².